The normalized spacial score (nSPS) is 42.8. The molecule has 0 aromatic rings. The van der Waals surface area contributed by atoms with Gasteiger partial charge in [-0.2, -0.15) is 13.2 Å². The number of carbonyl (C=O) groups excluding carboxylic acids is 1. The molecule has 5 aliphatic rings. The molecule has 4 saturated heterocycles. The van der Waals surface area contributed by atoms with Gasteiger partial charge < -0.3 is 20.1 Å². The molecule has 5 rings (SSSR count). The summed E-state index contributed by atoms with van der Waals surface area (Å²) in [4.78, 5) is 15.4. The number of piperidine rings is 1. The fourth-order valence-corrected chi connectivity index (χ4v) is 7.04. The first-order chi connectivity index (χ1) is 18.7. The highest BCUT2D eigenvalue weighted by Gasteiger charge is 2.53. The Labute approximate surface area is 229 Å². The molecule has 5 fully saturated rings. The maximum atomic E-state index is 13.4. The Morgan fingerprint density at radius 2 is 1.82 bits per heavy atom. The Kier molecular flexibility index (Phi) is 9.70. The smallest absolute Gasteiger partial charge is 0.379 e. The molecule has 39 heavy (non-hydrogen) atoms. The Morgan fingerprint density at radius 3 is 2.59 bits per heavy atom. The van der Waals surface area contributed by atoms with E-state index in [0.717, 1.165) is 65.2 Å². The maximum absolute atomic E-state index is 13.4. The molecule has 0 aromatic carbocycles. The second kappa shape index (κ2) is 12.8. The summed E-state index contributed by atoms with van der Waals surface area (Å²) in [6, 6.07) is -0.557. The molecule has 13 heteroatoms. The van der Waals surface area contributed by atoms with Crippen molar-refractivity contribution in [2.75, 3.05) is 45.9 Å². The van der Waals surface area contributed by atoms with Crippen molar-refractivity contribution in [2.45, 2.75) is 101 Å². The van der Waals surface area contributed by atoms with E-state index in [0.29, 0.717) is 30.3 Å². The van der Waals surface area contributed by atoms with Crippen LogP contribution in [0.5, 0.6) is 0 Å². The first kappa shape index (κ1) is 29.4. The van der Waals surface area contributed by atoms with E-state index in [9.17, 15) is 18.0 Å². The van der Waals surface area contributed by atoms with Gasteiger partial charge in [-0.25, -0.2) is 0 Å². The number of ether oxygens (including phenoxy) is 2. The molecule has 10 atom stereocenters. The number of nitrogens with one attached hydrogen (secondary N) is 6. The zero-order valence-corrected chi connectivity index (χ0v) is 23.1. The van der Waals surface area contributed by atoms with Crippen molar-refractivity contribution in [3.05, 3.63) is 0 Å². The van der Waals surface area contributed by atoms with E-state index in [4.69, 9.17) is 9.47 Å². The van der Waals surface area contributed by atoms with Crippen molar-refractivity contribution in [2.24, 2.45) is 11.8 Å². The van der Waals surface area contributed by atoms with E-state index >= 15 is 0 Å². The van der Waals surface area contributed by atoms with E-state index < -0.39 is 30.5 Å². The van der Waals surface area contributed by atoms with Crippen LogP contribution in [0, 0.1) is 11.8 Å². The lowest BCUT2D eigenvalue weighted by Crippen LogP contribution is -2.67. The highest BCUT2D eigenvalue weighted by Crippen LogP contribution is 2.31. The fourth-order valence-electron chi connectivity index (χ4n) is 7.04. The third kappa shape index (κ3) is 7.42. The molecule has 224 valence electrons. The van der Waals surface area contributed by atoms with Crippen molar-refractivity contribution in [1.82, 2.24) is 36.8 Å². The zero-order chi connectivity index (χ0) is 27.6. The molecule has 6 N–H and O–H groups in total. The van der Waals surface area contributed by atoms with Gasteiger partial charge in [0.15, 0.2) is 6.10 Å². The van der Waals surface area contributed by atoms with Crippen LogP contribution >= 0.6 is 0 Å². The molecule has 1 aliphatic carbocycles. The molecule has 0 radical (unpaired) electrons. The summed E-state index contributed by atoms with van der Waals surface area (Å²) in [7, 11) is 0. The zero-order valence-electron chi connectivity index (χ0n) is 23.1. The standard InChI is InChI=1S/C26H46F3N7O3/c1-15-3-4-18(33-24(37)22-23(26(27,28)29)39-16(2)32-22)12-21(15)35-25-31-6-5-20(34-25)17-11-19(14-30-13-17)36-7-9-38-10-8-36/h15-23,25,30-32,34-35H,3-14H2,1-2H3,(H,33,37). The van der Waals surface area contributed by atoms with Crippen LogP contribution in [-0.4, -0.2) is 112 Å². The van der Waals surface area contributed by atoms with Crippen LogP contribution in [0.15, 0.2) is 0 Å². The van der Waals surface area contributed by atoms with Crippen LogP contribution < -0.4 is 31.9 Å². The van der Waals surface area contributed by atoms with Crippen LogP contribution in [0.25, 0.3) is 0 Å². The molecule has 0 aromatic heterocycles. The number of hydrogen-bond acceptors (Lipinski definition) is 9. The molecule has 0 bridgehead atoms. The summed E-state index contributed by atoms with van der Waals surface area (Å²) < 4.78 is 50.7. The SMILES string of the molecule is CC1NC(C(=O)NC2CCC(C)C(NC3NCCC(C4CNCC(N5CCOCC5)C4)N3)C2)C(C(F)(F)F)O1. The van der Waals surface area contributed by atoms with Crippen LogP contribution in [0.3, 0.4) is 0 Å². The number of halogens is 3. The van der Waals surface area contributed by atoms with Gasteiger partial charge in [0.25, 0.3) is 0 Å². The molecule has 4 aliphatic heterocycles. The van der Waals surface area contributed by atoms with Gasteiger partial charge in [0.05, 0.1) is 13.2 Å². The van der Waals surface area contributed by atoms with Crippen molar-refractivity contribution < 1.29 is 27.4 Å². The first-order valence-corrected chi connectivity index (χ1v) is 14.7. The second-order valence-electron chi connectivity index (χ2n) is 12.1. The summed E-state index contributed by atoms with van der Waals surface area (Å²) in [5.41, 5.74) is 0. The minimum absolute atomic E-state index is 0.0465. The number of morpholine rings is 1. The highest BCUT2D eigenvalue weighted by molar-refractivity contribution is 5.83. The Bertz CT molecular complexity index is 818. The highest BCUT2D eigenvalue weighted by atomic mass is 19.4. The molecule has 0 spiro atoms. The number of rotatable bonds is 6. The van der Waals surface area contributed by atoms with Crippen LogP contribution in [0.2, 0.25) is 0 Å². The van der Waals surface area contributed by atoms with Gasteiger partial charge in [-0.15, -0.1) is 0 Å². The maximum Gasteiger partial charge on any atom is 0.416 e. The average Bonchev–Trinajstić information content (AvgIpc) is 3.34. The summed E-state index contributed by atoms with van der Waals surface area (Å²) >= 11 is 0. The number of nitrogens with zero attached hydrogens (tertiary/aromatic N) is 1. The second-order valence-corrected chi connectivity index (χ2v) is 12.1. The van der Waals surface area contributed by atoms with Gasteiger partial charge in [-0.3, -0.25) is 31.0 Å². The number of hydrogen-bond donors (Lipinski definition) is 6. The van der Waals surface area contributed by atoms with Crippen molar-refractivity contribution in [3.8, 4) is 0 Å². The van der Waals surface area contributed by atoms with Crippen molar-refractivity contribution >= 4 is 5.91 Å². The lowest BCUT2D eigenvalue weighted by Gasteiger charge is -2.45. The predicted molar refractivity (Wildman–Crippen MR) is 140 cm³/mol. The van der Waals surface area contributed by atoms with Crippen molar-refractivity contribution in [1.29, 1.82) is 0 Å². The van der Waals surface area contributed by atoms with Gasteiger partial charge in [-0.05, 0) is 64.0 Å². The van der Waals surface area contributed by atoms with Gasteiger partial charge >= 0.3 is 6.18 Å². The minimum atomic E-state index is -4.60. The molecule has 1 amide bonds. The van der Waals surface area contributed by atoms with E-state index in [1.807, 2.05) is 0 Å². The number of amides is 1. The number of alkyl halides is 3. The van der Waals surface area contributed by atoms with Gasteiger partial charge in [0, 0.05) is 43.8 Å². The molecule has 1 saturated carbocycles. The van der Waals surface area contributed by atoms with E-state index in [1.165, 1.54) is 13.3 Å². The van der Waals surface area contributed by atoms with E-state index in [2.05, 4.69) is 43.7 Å². The lowest BCUT2D eigenvalue weighted by molar-refractivity contribution is -0.216. The quantitative estimate of drug-likeness (QED) is 0.268. The third-order valence-corrected chi connectivity index (χ3v) is 9.27. The summed E-state index contributed by atoms with van der Waals surface area (Å²) in [5, 5.41) is 20.3. The first-order valence-electron chi connectivity index (χ1n) is 14.7. The van der Waals surface area contributed by atoms with E-state index in [1.54, 1.807) is 0 Å². The number of carbonyl (C=O) groups is 1. The lowest BCUT2D eigenvalue weighted by atomic mass is 9.82. The Hall–Kier alpha value is -1.06. The van der Waals surface area contributed by atoms with Crippen molar-refractivity contribution in [3.63, 3.8) is 0 Å². The third-order valence-electron chi connectivity index (χ3n) is 9.27. The Morgan fingerprint density at radius 1 is 1.03 bits per heavy atom. The summed E-state index contributed by atoms with van der Waals surface area (Å²) in [6.07, 6.45) is -3.07. The van der Waals surface area contributed by atoms with Gasteiger partial charge in [0.1, 0.15) is 18.6 Å². The molecule has 4 heterocycles. The molecular formula is C26H46F3N7O3. The van der Waals surface area contributed by atoms with Gasteiger partial charge in [0.2, 0.25) is 5.91 Å². The average molecular weight is 562 g/mol. The predicted octanol–water partition coefficient (Wildman–Crippen LogP) is 0.0601. The molecule has 10 unspecified atom stereocenters. The van der Waals surface area contributed by atoms with Crippen LogP contribution in [0.1, 0.15) is 46.0 Å². The monoisotopic (exact) mass is 561 g/mol. The summed E-state index contributed by atoms with van der Waals surface area (Å²) in [5.74, 6) is 0.285. The van der Waals surface area contributed by atoms with Gasteiger partial charge in [-0.1, -0.05) is 6.92 Å². The fraction of sp³-hybridized carbons (Fsp3) is 0.962. The molecule has 10 nitrogen and oxygen atoms in total. The van der Waals surface area contributed by atoms with Crippen LogP contribution in [-0.2, 0) is 14.3 Å². The minimum Gasteiger partial charge on any atom is -0.379 e. The topological polar surface area (TPSA) is 111 Å². The van der Waals surface area contributed by atoms with Crippen LogP contribution in [0.4, 0.5) is 13.2 Å². The molecular weight excluding hydrogens is 515 g/mol. The summed E-state index contributed by atoms with van der Waals surface area (Å²) in [6.45, 7) is 10.3. The largest absolute Gasteiger partial charge is 0.416 e. The Balaban J connectivity index is 1.12. The van der Waals surface area contributed by atoms with E-state index in [-0.39, 0.29) is 18.4 Å².